The number of rotatable bonds is 6. The molecule has 2 aliphatic heterocycles. The number of carbonyl (C=O) groups is 1. The van der Waals surface area contributed by atoms with Crippen LogP contribution in [0, 0.1) is 5.92 Å². The van der Waals surface area contributed by atoms with Crippen molar-refractivity contribution in [1.82, 2.24) is 10.2 Å². The first kappa shape index (κ1) is 21.4. The third kappa shape index (κ3) is 5.01. The van der Waals surface area contributed by atoms with Gasteiger partial charge in [0.15, 0.2) is 5.96 Å². The summed E-state index contributed by atoms with van der Waals surface area (Å²) in [6.07, 6.45) is 2.17. The third-order valence-corrected chi connectivity index (χ3v) is 7.22. The summed E-state index contributed by atoms with van der Waals surface area (Å²) >= 11 is 0. The molecule has 0 aliphatic carbocycles. The molecule has 0 aromatic heterocycles. The number of benzene rings is 1. The van der Waals surface area contributed by atoms with Crippen LogP contribution in [0.2, 0.25) is 0 Å². The second-order valence-corrected chi connectivity index (χ2v) is 9.27. The van der Waals surface area contributed by atoms with Crippen molar-refractivity contribution >= 4 is 27.6 Å². The van der Waals surface area contributed by atoms with Gasteiger partial charge in [0.2, 0.25) is 10.0 Å². The van der Waals surface area contributed by atoms with E-state index < -0.39 is 10.0 Å². The summed E-state index contributed by atoms with van der Waals surface area (Å²) in [6, 6.07) is 7.64. The van der Waals surface area contributed by atoms with E-state index in [2.05, 4.69) is 15.2 Å². The fraction of sp³-hybridized carbons (Fsp3) is 0.600. The molecule has 160 valence electrons. The number of ether oxygens (including phenoxy) is 1. The summed E-state index contributed by atoms with van der Waals surface area (Å²) < 4.78 is 32.2. The normalized spacial score (nSPS) is 17.9. The topological polar surface area (TPSA) is 91.3 Å². The molecule has 0 amide bonds. The Morgan fingerprint density at radius 1 is 1.24 bits per heavy atom. The highest BCUT2D eigenvalue weighted by atomic mass is 32.2. The van der Waals surface area contributed by atoms with Crippen molar-refractivity contribution in [2.75, 3.05) is 49.9 Å². The number of nitrogens with zero attached hydrogens (tertiary/aromatic N) is 3. The van der Waals surface area contributed by atoms with Crippen LogP contribution >= 0.6 is 0 Å². The molecule has 9 heteroatoms. The highest BCUT2D eigenvalue weighted by Crippen LogP contribution is 2.29. The van der Waals surface area contributed by atoms with E-state index in [1.54, 1.807) is 7.05 Å². The van der Waals surface area contributed by atoms with Crippen molar-refractivity contribution in [3.05, 3.63) is 29.8 Å². The molecule has 0 bridgehead atoms. The van der Waals surface area contributed by atoms with E-state index in [1.165, 1.54) is 4.31 Å². The Bertz CT molecular complexity index is 848. The van der Waals surface area contributed by atoms with Crippen LogP contribution in [0.25, 0.3) is 0 Å². The van der Waals surface area contributed by atoms with E-state index in [9.17, 15) is 13.2 Å². The first-order chi connectivity index (χ1) is 14.0. The number of para-hydroxylation sites is 1. The highest BCUT2D eigenvalue weighted by molar-refractivity contribution is 7.92. The number of carbonyl (C=O) groups excluding carboxylic acids is 1. The molecule has 2 heterocycles. The first-order valence-corrected chi connectivity index (χ1v) is 11.8. The molecule has 0 saturated carbocycles. The number of likely N-dealkylation sites (tertiary alicyclic amines) is 1. The molecule has 8 nitrogen and oxygen atoms in total. The molecule has 1 saturated heterocycles. The molecular weight excluding hydrogens is 392 g/mol. The fourth-order valence-corrected chi connectivity index (χ4v) is 5.35. The van der Waals surface area contributed by atoms with Crippen LogP contribution in [0.1, 0.15) is 25.3 Å². The number of fused-ring (bicyclic) bond motifs is 1. The summed E-state index contributed by atoms with van der Waals surface area (Å²) in [5, 5.41) is 3.17. The predicted octanol–water partition coefficient (Wildman–Crippen LogP) is 1.23. The Morgan fingerprint density at radius 3 is 2.66 bits per heavy atom. The standard InChI is InChI=1S/C20H30N4O4S/c1-3-28-19(25)17-8-12-23(13-9-17)20(21-2)22-11-15-29(26,27)24-14-10-16-6-4-5-7-18(16)24/h4-7,17H,3,8-15H2,1-2H3,(H,21,22). The Morgan fingerprint density at radius 2 is 1.97 bits per heavy atom. The van der Waals surface area contributed by atoms with E-state index in [1.807, 2.05) is 31.2 Å². The number of guanidine groups is 1. The lowest BCUT2D eigenvalue weighted by atomic mass is 9.97. The van der Waals surface area contributed by atoms with Crippen LogP contribution in [-0.4, -0.2) is 70.8 Å². The van der Waals surface area contributed by atoms with Gasteiger partial charge >= 0.3 is 5.97 Å². The highest BCUT2D eigenvalue weighted by Gasteiger charge is 2.30. The molecule has 0 radical (unpaired) electrons. The van der Waals surface area contributed by atoms with Gasteiger partial charge in [0.05, 0.1) is 24.0 Å². The summed E-state index contributed by atoms with van der Waals surface area (Å²) in [7, 11) is -1.71. The second kappa shape index (κ2) is 9.47. The molecule has 3 rings (SSSR count). The van der Waals surface area contributed by atoms with Gasteiger partial charge in [-0.3, -0.25) is 14.1 Å². The first-order valence-electron chi connectivity index (χ1n) is 10.2. The number of esters is 1. The van der Waals surface area contributed by atoms with Gasteiger partial charge in [-0.1, -0.05) is 18.2 Å². The van der Waals surface area contributed by atoms with E-state index in [-0.39, 0.29) is 24.2 Å². The van der Waals surface area contributed by atoms with Crippen molar-refractivity contribution in [3.8, 4) is 0 Å². The molecule has 1 aromatic carbocycles. The van der Waals surface area contributed by atoms with Gasteiger partial charge in [0, 0.05) is 33.2 Å². The largest absolute Gasteiger partial charge is 0.466 e. The number of aliphatic imine (C=N–C) groups is 1. The predicted molar refractivity (Wildman–Crippen MR) is 114 cm³/mol. The molecular formula is C20H30N4O4S. The van der Waals surface area contributed by atoms with Gasteiger partial charge in [-0.15, -0.1) is 0 Å². The maximum Gasteiger partial charge on any atom is 0.309 e. The van der Waals surface area contributed by atoms with Gasteiger partial charge in [0.1, 0.15) is 0 Å². The Hall–Kier alpha value is -2.29. The zero-order chi connectivity index (χ0) is 20.9. The lowest BCUT2D eigenvalue weighted by Crippen LogP contribution is -2.48. The monoisotopic (exact) mass is 422 g/mol. The molecule has 0 atom stereocenters. The van der Waals surface area contributed by atoms with Crippen molar-refractivity contribution in [2.24, 2.45) is 10.9 Å². The minimum Gasteiger partial charge on any atom is -0.466 e. The average molecular weight is 423 g/mol. The van der Waals surface area contributed by atoms with Crippen LogP contribution in [0.15, 0.2) is 29.3 Å². The lowest BCUT2D eigenvalue weighted by molar-refractivity contribution is -0.149. The van der Waals surface area contributed by atoms with Gasteiger partial charge in [0.25, 0.3) is 0 Å². The van der Waals surface area contributed by atoms with Crippen molar-refractivity contribution in [3.63, 3.8) is 0 Å². The van der Waals surface area contributed by atoms with E-state index in [0.717, 1.165) is 17.7 Å². The zero-order valence-electron chi connectivity index (χ0n) is 17.1. The van der Waals surface area contributed by atoms with E-state index in [4.69, 9.17) is 4.74 Å². The molecule has 2 aliphatic rings. The van der Waals surface area contributed by atoms with Crippen LogP contribution in [0.5, 0.6) is 0 Å². The van der Waals surface area contributed by atoms with Crippen molar-refractivity contribution in [1.29, 1.82) is 0 Å². The summed E-state index contributed by atoms with van der Waals surface area (Å²) in [4.78, 5) is 18.2. The van der Waals surface area contributed by atoms with Gasteiger partial charge in [-0.05, 0) is 37.8 Å². The summed E-state index contributed by atoms with van der Waals surface area (Å²) in [5.74, 6) is 0.468. The number of nitrogens with one attached hydrogen (secondary N) is 1. The number of hydrogen-bond donors (Lipinski definition) is 1. The van der Waals surface area contributed by atoms with Crippen LogP contribution in [-0.2, 0) is 26.0 Å². The smallest absolute Gasteiger partial charge is 0.309 e. The van der Waals surface area contributed by atoms with Crippen molar-refractivity contribution < 1.29 is 17.9 Å². The SMILES string of the molecule is CCOC(=O)C1CCN(C(=NC)NCCS(=O)(=O)N2CCc3ccccc32)CC1. The second-order valence-electron chi connectivity index (χ2n) is 7.25. The molecule has 1 fully saturated rings. The quantitative estimate of drug-likeness (QED) is 0.421. The van der Waals surface area contributed by atoms with Gasteiger partial charge < -0.3 is 15.0 Å². The maximum absolute atomic E-state index is 12.8. The number of sulfonamides is 1. The summed E-state index contributed by atoms with van der Waals surface area (Å²) in [6.45, 7) is 4.37. The third-order valence-electron chi connectivity index (χ3n) is 5.45. The van der Waals surface area contributed by atoms with Crippen LogP contribution in [0.4, 0.5) is 5.69 Å². The Balaban J connectivity index is 1.50. The van der Waals surface area contributed by atoms with Gasteiger partial charge in [-0.2, -0.15) is 0 Å². The fourth-order valence-electron chi connectivity index (χ4n) is 3.92. The van der Waals surface area contributed by atoms with Crippen LogP contribution in [0.3, 0.4) is 0 Å². The van der Waals surface area contributed by atoms with E-state index in [0.29, 0.717) is 45.0 Å². The summed E-state index contributed by atoms with van der Waals surface area (Å²) in [5.41, 5.74) is 1.86. The average Bonchev–Trinajstić information content (AvgIpc) is 3.17. The molecule has 1 aromatic rings. The molecule has 0 unspecified atom stereocenters. The number of piperidine rings is 1. The zero-order valence-corrected chi connectivity index (χ0v) is 18.0. The van der Waals surface area contributed by atoms with Crippen LogP contribution < -0.4 is 9.62 Å². The van der Waals surface area contributed by atoms with E-state index >= 15 is 0 Å². The number of hydrogen-bond acceptors (Lipinski definition) is 5. The molecule has 0 spiro atoms. The number of anilines is 1. The minimum absolute atomic E-state index is 0.000352. The molecule has 1 N–H and O–H groups in total. The van der Waals surface area contributed by atoms with Gasteiger partial charge in [-0.25, -0.2) is 8.42 Å². The minimum atomic E-state index is -3.40. The van der Waals surface area contributed by atoms with Crippen molar-refractivity contribution in [2.45, 2.75) is 26.2 Å². The Labute approximate surface area is 173 Å². The lowest BCUT2D eigenvalue weighted by Gasteiger charge is -2.33. The Kier molecular flexibility index (Phi) is 7.00. The molecule has 29 heavy (non-hydrogen) atoms. The maximum atomic E-state index is 12.8.